The van der Waals surface area contributed by atoms with E-state index in [0.29, 0.717) is 30.7 Å². The second-order valence-electron chi connectivity index (χ2n) is 11.2. The molecule has 2 N–H and O–H groups in total. The summed E-state index contributed by atoms with van der Waals surface area (Å²) in [6.45, 7) is 3.96. The van der Waals surface area contributed by atoms with Gasteiger partial charge in [-0.15, -0.1) is 5.10 Å². The van der Waals surface area contributed by atoms with Gasteiger partial charge in [-0.1, -0.05) is 0 Å². The molecule has 13 nitrogen and oxygen atoms in total. The highest BCUT2D eigenvalue weighted by Crippen LogP contribution is 2.38. The fourth-order valence-electron chi connectivity index (χ4n) is 5.09. The number of anilines is 2. The lowest BCUT2D eigenvalue weighted by atomic mass is 9.99. The Hall–Kier alpha value is -4.39. The molecule has 1 aliphatic heterocycles. The van der Waals surface area contributed by atoms with Gasteiger partial charge in [0.25, 0.3) is 0 Å². The van der Waals surface area contributed by atoms with Gasteiger partial charge in [0.2, 0.25) is 18.1 Å². The molecule has 1 aromatic heterocycles. The fraction of sp³-hybridized carbons (Fsp3) is 0.484. The maximum absolute atomic E-state index is 13.4. The van der Waals surface area contributed by atoms with Crippen molar-refractivity contribution in [3.63, 3.8) is 0 Å². The van der Waals surface area contributed by atoms with E-state index >= 15 is 0 Å². The van der Waals surface area contributed by atoms with Crippen molar-refractivity contribution in [2.24, 2.45) is 5.92 Å². The van der Waals surface area contributed by atoms with E-state index in [4.69, 9.17) is 23.7 Å². The maximum atomic E-state index is 13.4. The maximum Gasteiger partial charge on any atom is 0.499 e. The van der Waals surface area contributed by atoms with Crippen LogP contribution in [0.4, 0.5) is 38.4 Å². The molecule has 5 rings (SSSR count). The van der Waals surface area contributed by atoms with Crippen LogP contribution in [-0.4, -0.2) is 90.6 Å². The first-order chi connectivity index (χ1) is 23.2. The molecule has 3 aromatic rings. The predicted molar refractivity (Wildman–Crippen MR) is 161 cm³/mol. The van der Waals surface area contributed by atoms with E-state index in [1.165, 1.54) is 31.0 Å². The molecular weight excluding hydrogens is 665 g/mol. The number of benzene rings is 2. The first-order valence-electron chi connectivity index (χ1n) is 15.2. The molecule has 2 fully saturated rings. The lowest BCUT2D eigenvalue weighted by Crippen LogP contribution is -2.60. The van der Waals surface area contributed by atoms with Crippen LogP contribution < -0.4 is 15.4 Å². The van der Waals surface area contributed by atoms with Crippen LogP contribution in [0.1, 0.15) is 26.7 Å². The Labute approximate surface area is 276 Å². The van der Waals surface area contributed by atoms with E-state index in [0.717, 1.165) is 12.1 Å². The second kappa shape index (κ2) is 14.6. The molecule has 1 saturated heterocycles. The SMILES string of the molecule is CCO[C@@H]1[C@@H](OC)[C@H](C)O[C@@H](OC(=O)Nc2ccc(-c3nc(NC(=O)C4CC4)n(-c4ccc(OC(F)(F)C(F)(F)F)cc4)n3)cc2)[C@@H]1OC. The quantitative estimate of drug-likeness (QED) is 0.231. The van der Waals surface area contributed by atoms with Crippen molar-refractivity contribution in [2.75, 3.05) is 31.5 Å². The van der Waals surface area contributed by atoms with Gasteiger partial charge in [0, 0.05) is 38.0 Å². The molecule has 0 unspecified atom stereocenters. The van der Waals surface area contributed by atoms with Crippen molar-refractivity contribution in [1.82, 2.24) is 14.8 Å². The number of carbonyl (C=O) groups excluding carboxylic acids is 2. The number of halogens is 5. The van der Waals surface area contributed by atoms with Crippen LogP contribution in [0.2, 0.25) is 0 Å². The minimum atomic E-state index is -5.91. The third-order valence-electron chi connectivity index (χ3n) is 7.69. The monoisotopic (exact) mass is 699 g/mol. The molecule has 2 aromatic carbocycles. The summed E-state index contributed by atoms with van der Waals surface area (Å²) in [6, 6.07) is 10.5. The normalized spacial score (nSPS) is 22.8. The zero-order chi connectivity index (χ0) is 35.5. The molecule has 2 heterocycles. The molecule has 0 bridgehead atoms. The number of nitrogens with one attached hydrogen (secondary N) is 2. The second-order valence-corrected chi connectivity index (χ2v) is 11.2. The van der Waals surface area contributed by atoms with Crippen molar-refractivity contribution in [3.05, 3.63) is 48.5 Å². The number of carbonyl (C=O) groups is 2. The molecule has 0 spiro atoms. The number of aromatic nitrogens is 3. The van der Waals surface area contributed by atoms with Gasteiger partial charge in [-0.25, -0.2) is 4.79 Å². The van der Waals surface area contributed by atoms with Gasteiger partial charge in [-0.05, 0) is 75.2 Å². The van der Waals surface area contributed by atoms with Gasteiger partial charge in [0.1, 0.15) is 24.1 Å². The molecule has 18 heteroatoms. The van der Waals surface area contributed by atoms with Gasteiger partial charge in [0.05, 0.1) is 11.8 Å². The molecule has 0 radical (unpaired) electrons. The summed E-state index contributed by atoms with van der Waals surface area (Å²) < 4.78 is 97.7. The summed E-state index contributed by atoms with van der Waals surface area (Å²) >= 11 is 0. The average molecular weight is 700 g/mol. The Bertz CT molecular complexity index is 1600. The Balaban J connectivity index is 1.30. The zero-order valence-corrected chi connectivity index (χ0v) is 26.7. The van der Waals surface area contributed by atoms with Crippen molar-refractivity contribution < 1.29 is 60.0 Å². The summed E-state index contributed by atoms with van der Waals surface area (Å²) in [5.41, 5.74) is 0.986. The van der Waals surface area contributed by atoms with Crippen molar-refractivity contribution in [2.45, 2.75) is 69.7 Å². The van der Waals surface area contributed by atoms with Crippen LogP contribution >= 0.6 is 0 Å². The van der Waals surface area contributed by atoms with Crippen molar-refractivity contribution >= 4 is 23.6 Å². The highest BCUT2D eigenvalue weighted by Gasteiger charge is 2.61. The number of rotatable bonds is 12. The molecule has 1 aliphatic carbocycles. The molecular formula is C31H34F5N5O8. The van der Waals surface area contributed by atoms with E-state index in [-0.39, 0.29) is 29.3 Å². The predicted octanol–water partition coefficient (Wildman–Crippen LogP) is 5.55. The van der Waals surface area contributed by atoms with E-state index in [1.807, 2.05) is 6.92 Å². The lowest BCUT2D eigenvalue weighted by Gasteiger charge is -2.43. The van der Waals surface area contributed by atoms with Gasteiger partial charge >= 0.3 is 18.4 Å². The molecule has 2 aliphatic rings. The van der Waals surface area contributed by atoms with Crippen LogP contribution in [0.25, 0.3) is 17.1 Å². The van der Waals surface area contributed by atoms with Crippen LogP contribution in [0.5, 0.6) is 5.75 Å². The third kappa shape index (κ3) is 8.26. The average Bonchev–Trinajstić information content (AvgIpc) is 3.82. The molecule has 49 heavy (non-hydrogen) atoms. The number of alkyl halides is 5. The number of hydrogen-bond acceptors (Lipinski definition) is 10. The molecule has 1 saturated carbocycles. The van der Waals surface area contributed by atoms with E-state index in [9.17, 15) is 31.5 Å². The standard InChI is InChI=1S/C31H34F5N5O8/c1-5-46-23-22(44-3)16(2)47-27(24(23)45-4)48-29(43)37-19-10-8-17(9-11-19)25-38-28(39-26(42)18-6-7-18)41(40-25)20-12-14-21(15-13-20)49-31(35,36)30(32,33)34/h8-16,18,22-24,27H,5-7H2,1-4H3,(H,37,43)(H,38,39,40,42)/t16-,22-,23+,24+,27-/m0/s1. The molecule has 5 atom stereocenters. The minimum absolute atomic E-state index is 0.0116. The first-order valence-corrected chi connectivity index (χ1v) is 15.2. The number of nitrogens with zero attached hydrogens (tertiary/aromatic N) is 3. The summed E-state index contributed by atoms with van der Waals surface area (Å²) in [5, 5.41) is 9.70. The van der Waals surface area contributed by atoms with Crippen LogP contribution in [0.15, 0.2) is 48.5 Å². The van der Waals surface area contributed by atoms with Crippen molar-refractivity contribution in [1.29, 1.82) is 0 Å². The van der Waals surface area contributed by atoms with Gasteiger partial charge < -0.3 is 28.4 Å². The highest BCUT2D eigenvalue weighted by molar-refractivity contribution is 5.93. The summed E-state index contributed by atoms with van der Waals surface area (Å²) in [6.07, 6.45) is -14.1. The smallest absolute Gasteiger partial charge is 0.426 e. The fourth-order valence-corrected chi connectivity index (χ4v) is 5.09. The number of methoxy groups -OCH3 is 2. The minimum Gasteiger partial charge on any atom is -0.426 e. The molecule has 2 amide bonds. The van der Waals surface area contributed by atoms with Gasteiger partial charge in [0.15, 0.2) is 5.82 Å². The summed E-state index contributed by atoms with van der Waals surface area (Å²) in [5.74, 6) is -1.13. The third-order valence-corrected chi connectivity index (χ3v) is 7.69. The van der Waals surface area contributed by atoms with Crippen LogP contribution in [0.3, 0.4) is 0 Å². The topological polar surface area (TPSA) is 144 Å². The van der Waals surface area contributed by atoms with Crippen molar-refractivity contribution in [3.8, 4) is 22.8 Å². The first kappa shape index (κ1) is 35.9. The Morgan fingerprint density at radius 1 is 0.939 bits per heavy atom. The highest BCUT2D eigenvalue weighted by atomic mass is 19.4. The van der Waals surface area contributed by atoms with E-state index in [1.54, 1.807) is 31.2 Å². The number of amides is 2. The number of hydrogen-bond donors (Lipinski definition) is 2. The summed E-state index contributed by atoms with van der Waals surface area (Å²) in [7, 11) is 2.97. The Morgan fingerprint density at radius 2 is 1.59 bits per heavy atom. The van der Waals surface area contributed by atoms with Gasteiger partial charge in [-0.3, -0.25) is 15.4 Å². The van der Waals surface area contributed by atoms with Crippen LogP contribution in [0, 0.1) is 5.92 Å². The Morgan fingerprint density at radius 3 is 2.16 bits per heavy atom. The van der Waals surface area contributed by atoms with E-state index in [2.05, 4.69) is 25.5 Å². The lowest BCUT2D eigenvalue weighted by molar-refractivity contribution is -0.360. The van der Waals surface area contributed by atoms with E-state index < -0.39 is 54.8 Å². The number of ether oxygens (including phenoxy) is 6. The van der Waals surface area contributed by atoms with Gasteiger partial charge in [-0.2, -0.15) is 31.6 Å². The molecule has 266 valence electrons. The van der Waals surface area contributed by atoms with Crippen LogP contribution in [-0.2, 0) is 28.5 Å². The Kier molecular flexibility index (Phi) is 10.7. The largest absolute Gasteiger partial charge is 0.499 e. The summed E-state index contributed by atoms with van der Waals surface area (Å²) in [4.78, 5) is 29.8. The zero-order valence-electron chi connectivity index (χ0n) is 26.7.